The third-order valence-corrected chi connectivity index (χ3v) is 5.71. The molecule has 0 bridgehead atoms. The molecule has 0 radical (unpaired) electrons. The first-order valence-corrected chi connectivity index (χ1v) is 10.7. The van der Waals surface area contributed by atoms with E-state index in [0.29, 0.717) is 5.69 Å². The average Bonchev–Trinajstić information content (AvgIpc) is 2.83. The Morgan fingerprint density at radius 2 is 1.46 bits per heavy atom. The smallest absolute Gasteiger partial charge is 0.335 e. The predicted octanol–water partition coefficient (Wildman–Crippen LogP) is 3.30. The average molecular weight is 488 g/mol. The van der Waals surface area contributed by atoms with Crippen LogP contribution >= 0.6 is 0 Å². The lowest BCUT2D eigenvalue weighted by molar-refractivity contribution is -0.138. The first kappa shape index (κ1) is 24.1. The number of hydrogen-bond acceptors (Lipinski definition) is 4. The summed E-state index contributed by atoms with van der Waals surface area (Å²) in [5, 5.41) is 4.09. The van der Waals surface area contributed by atoms with E-state index in [1.165, 1.54) is 46.2 Å². The summed E-state index contributed by atoms with van der Waals surface area (Å²) in [6, 6.07) is 11.5. The number of nitrogens with zero attached hydrogens (tertiary/aromatic N) is 4. The number of carbonyl (C=O) groups is 2. The molecule has 4 rings (SSSR count). The molecular formula is C24H20F4N4O3. The van der Waals surface area contributed by atoms with Gasteiger partial charge in [0.25, 0.3) is 11.8 Å². The van der Waals surface area contributed by atoms with Gasteiger partial charge in [0.15, 0.2) is 5.69 Å². The Balaban J connectivity index is 1.53. The van der Waals surface area contributed by atoms with Crippen LogP contribution in [0.15, 0.2) is 59.4 Å². The van der Waals surface area contributed by atoms with Gasteiger partial charge in [-0.05, 0) is 31.2 Å². The van der Waals surface area contributed by atoms with Crippen molar-refractivity contribution >= 4 is 11.8 Å². The van der Waals surface area contributed by atoms with Gasteiger partial charge in [-0.25, -0.2) is 9.07 Å². The fourth-order valence-corrected chi connectivity index (χ4v) is 3.91. The van der Waals surface area contributed by atoms with Gasteiger partial charge in [0, 0.05) is 37.9 Å². The van der Waals surface area contributed by atoms with E-state index in [1.54, 1.807) is 13.0 Å². The van der Waals surface area contributed by atoms with Crippen molar-refractivity contribution in [2.75, 3.05) is 26.2 Å². The largest absolute Gasteiger partial charge is 0.417 e. The number of piperazine rings is 1. The number of aromatic nitrogens is 2. The minimum Gasteiger partial charge on any atom is -0.335 e. The molecule has 1 saturated heterocycles. The van der Waals surface area contributed by atoms with Gasteiger partial charge in [-0.15, -0.1) is 0 Å². The lowest BCUT2D eigenvalue weighted by atomic mass is 10.1. The minimum absolute atomic E-state index is 0.00650. The van der Waals surface area contributed by atoms with Gasteiger partial charge in [0.2, 0.25) is 5.43 Å². The third-order valence-electron chi connectivity index (χ3n) is 5.71. The standard InChI is InChI=1S/C24H20F4N4O3/c1-15-14-20(33)21(29-32(15)19-9-5-4-8-18(19)25)23(35)31-12-10-30(11-13-31)22(34)16-6-2-3-7-17(16)24(26,27)28/h2-9,14H,10-13H2,1H3. The molecule has 3 aromatic rings. The zero-order valence-electron chi connectivity index (χ0n) is 18.6. The van der Waals surface area contributed by atoms with E-state index in [2.05, 4.69) is 5.10 Å². The zero-order valence-corrected chi connectivity index (χ0v) is 18.6. The number of alkyl halides is 3. The van der Waals surface area contributed by atoms with Crippen molar-refractivity contribution in [2.24, 2.45) is 0 Å². The Morgan fingerprint density at radius 3 is 2.09 bits per heavy atom. The second-order valence-electron chi connectivity index (χ2n) is 7.99. The van der Waals surface area contributed by atoms with Crippen LogP contribution in [0.5, 0.6) is 0 Å². The Bertz CT molecular complexity index is 1350. The molecule has 0 N–H and O–H groups in total. The Morgan fingerprint density at radius 1 is 0.886 bits per heavy atom. The first-order valence-electron chi connectivity index (χ1n) is 10.7. The van der Waals surface area contributed by atoms with Crippen LogP contribution in [-0.2, 0) is 6.18 Å². The summed E-state index contributed by atoms with van der Waals surface area (Å²) in [7, 11) is 0. The Hall–Kier alpha value is -4.02. The van der Waals surface area contributed by atoms with Crippen molar-refractivity contribution in [1.29, 1.82) is 0 Å². The fraction of sp³-hybridized carbons (Fsp3) is 0.250. The van der Waals surface area contributed by atoms with Gasteiger partial charge in [-0.1, -0.05) is 24.3 Å². The van der Waals surface area contributed by atoms with E-state index in [0.717, 1.165) is 16.8 Å². The lowest BCUT2D eigenvalue weighted by Gasteiger charge is -2.35. The van der Waals surface area contributed by atoms with Crippen molar-refractivity contribution in [3.63, 3.8) is 0 Å². The van der Waals surface area contributed by atoms with Crippen LogP contribution < -0.4 is 5.43 Å². The van der Waals surface area contributed by atoms with Crippen LogP contribution in [-0.4, -0.2) is 57.6 Å². The Kier molecular flexibility index (Phi) is 6.42. The summed E-state index contributed by atoms with van der Waals surface area (Å²) in [4.78, 5) is 40.8. The normalized spacial score (nSPS) is 14.2. The van der Waals surface area contributed by atoms with Crippen LogP contribution in [0, 0.1) is 12.7 Å². The number of carbonyl (C=O) groups excluding carboxylic acids is 2. The molecule has 1 aliphatic rings. The number of halogens is 4. The van der Waals surface area contributed by atoms with E-state index in [1.807, 2.05) is 0 Å². The lowest BCUT2D eigenvalue weighted by Crippen LogP contribution is -2.51. The molecule has 0 spiro atoms. The third kappa shape index (κ3) is 4.79. The van der Waals surface area contributed by atoms with Gasteiger partial charge in [0.05, 0.1) is 11.1 Å². The molecule has 7 nitrogen and oxygen atoms in total. The second-order valence-corrected chi connectivity index (χ2v) is 7.99. The van der Waals surface area contributed by atoms with Crippen molar-refractivity contribution in [2.45, 2.75) is 13.1 Å². The van der Waals surface area contributed by atoms with Gasteiger partial charge in [-0.3, -0.25) is 14.4 Å². The van der Waals surface area contributed by atoms with Crippen LogP contribution in [0.2, 0.25) is 0 Å². The van der Waals surface area contributed by atoms with Crippen LogP contribution in [0.25, 0.3) is 5.69 Å². The molecule has 11 heteroatoms. The molecule has 1 fully saturated rings. The van der Waals surface area contributed by atoms with E-state index in [4.69, 9.17) is 0 Å². The first-order chi connectivity index (χ1) is 16.6. The van der Waals surface area contributed by atoms with Crippen LogP contribution in [0.1, 0.15) is 32.1 Å². The van der Waals surface area contributed by atoms with E-state index in [-0.39, 0.29) is 31.9 Å². The van der Waals surface area contributed by atoms with Crippen molar-refractivity contribution < 1.29 is 27.2 Å². The van der Waals surface area contributed by atoms with Gasteiger partial charge >= 0.3 is 6.18 Å². The number of hydrogen-bond donors (Lipinski definition) is 0. The fourth-order valence-electron chi connectivity index (χ4n) is 3.91. The molecule has 0 unspecified atom stereocenters. The summed E-state index contributed by atoms with van der Waals surface area (Å²) in [6.07, 6.45) is -4.68. The number of rotatable bonds is 3. The summed E-state index contributed by atoms with van der Waals surface area (Å²) >= 11 is 0. The van der Waals surface area contributed by atoms with Crippen molar-refractivity contribution in [3.8, 4) is 5.69 Å². The molecule has 182 valence electrons. The number of aryl methyl sites for hydroxylation is 1. The summed E-state index contributed by atoms with van der Waals surface area (Å²) in [5.41, 5.74) is -2.15. The number of para-hydroxylation sites is 1. The second kappa shape index (κ2) is 9.32. The highest BCUT2D eigenvalue weighted by Crippen LogP contribution is 2.32. The molecule has 35 heavy (non-hydrogen) atoms. The van der Waals surface area contributed by atoms with Crippen LogP contribution in [0.4, 0.5) is 17.6 Å². The highest BCUT2D eigenvalue weighted by Gasteiger charge is 2.37. The highest BCUT2D eigenvalue weighted by atomic mass is 19.4. The number of benzene rings is 2. The van der Waals surface area contributed by atoms with E-state index in [9.17, 15) is 31.9 Å². The summed E-state index contributed by atoms with van der Waals surface area (Å²) in [5.74, 6) is -2.08. The predicted molar refractivity (Wildman–Crippen MR) is 118 cm³/mol. The molecule has 2 amide bonds. The molecule has 0 aliphatic carbocycles. The maximum atomic E-state index is 14.3. The summed E-state index contributed by atoms with van der Waals surface area (Å²) in [6.45, 7) is 1.49. The molecular weight excluding hydrogens is 468 g/mol. The van der Waals surface area contributed by atoms with E-state index >= 15 is 0 Å². The molecule has 0 saturated carbocycles. The van der Waals surface area contributed by atoms with Gasteiger partial charge in [0.1, 0.15) is 11.5 Å². The highest BCUT2D eigenvalue weighted by molar-refractivity contribution is 5.96. The maximum absolute atomic E-state index is 14.3. The van der Waals surface area contributed by atoms with Gasteiger partial charge < -0.3 is 9.80 Å². The number of amides is 2. The minimum atomic E-state index is -4.68. The molecule has 2 aromatic carbocycles. The SMILES string of the molecule is Cc1cc(=O)c(C(=O)N2CCN(C(=O)c3ccccc3C(F)(F)F)CC2)nn1-c1ccccc1F. The topological polar surface area (TPSA) is 75.5 Å². The molecule has 0 atom stereocenters. The monoisotopic (exact) mass is 488 g/mol. The molecule has 1 aromatic heterocycles. The van der Waals surface area contributed by atoms with Crippen LogP contribution in [0.3, 0.4) is 0 Å². The van der Waals surface area contributed by atoms with Crippen molar-refractivity contribution in [3.05, 3.63) is 93.2 Å². The molecule has 1 aliphatic heterocycles. The van der Waals surface area contributed by atoms with E-state index < -0.39 is 46.1 Å². The maximum Gasteiger partial charge on any atom is 0.417 e. The quantitative estimate of drug-likeness (QED) is 0.531. The summed E-state index contributed by atoms with van der Waals surface area (Å²) < 4.78 is 55.3. The van der Waals surface area contributed by atoms with Gasteiger partial charge in [-0.2, -0.15) is 18.3 Å². The Labute approximate surface area is 197 Å². The molecule has 2 heterocycles. The van der Waals surface area contributed by atoms with Crippen molar-refractivity contribution in [1.82, 2.24) is 19.6 Å². The zero-order chi connectivity index (χ0) is 25.3.